The molecule has 164 valence electrons. The van der Waals surface area contributed by atoms with Gasteiger partial charge in [0.15, 0.2) is 0 Å². The monoisotopic (exact) mass is 469 g/mol. The largest absolute Gasteiger partial charge is 0.490 e. The van der Waals surface area contributed by atoms with Crippen LogP contribution in [0.15, 0.2) is 95.4 Å². The minimum absolute atomic E-state index is 0.0806. The summed E-state index contributed by atoms with van der Waals surface area (Å²) in [6.45, 7) is 3.99. The first kappa shape index (κ1) is 23.1. The number of hydrogen-bond donors (Lipinski definition) is 2. The van der Waals surface area contributed by atoms with Gasteiger partial charge in [0.25, 0.3) is 15.9 Å². The van der Waals surface area contributed by atoms with E-state index in [0.29, 0.717) is 28.6 Å². The number of hydrogen-bond acceptors (Lipinski definition) is 5. The number of anilines is 1. The molecule has 0 bridgehead atoms. The first-order valence-corrected chi connectivity index (χ1v) is 11.3. The van der Waals surface area contributed by atoms with Crippen molar-refractivity contribution in [3.63, 3.8) is 0 Å². The number of carbonyl (C=O) groups excluding carboxylic acids is 1. The number of amides is 1. The van der Waals surface area contributed by atoms with Crippen molar-refractivity contribution in [2.24, 2.45) is 5.10 Å². The molecule has 3 aromatic rings. The summed E-state index contributed by atoms with van der Waals surface area (Å²) in [5.74, 6) is 0.226. The molecule has 3 rings (SSSR count). The molecule has 7 nitrogen and oxygen atoms in total. The van der Waals surface area contributed by atoms with Gasteiger partial charge in [0.05, 0.1) is 11.1 Å². The lowest BCUT2D eigenvalue weighted by Gasteiger charge is -2.09. The Labute approximate surface area is 191 Å². The fraction of sp³-hybridized carbons (Fsp3) is 0.0435. The summed E-state index contributed by atoms with van der Waals surface area (Å²) in [6, 6.07) is 19.0. The minimum atomic E-state index is -3.77. The van der Waals surface area contributed by atoms with Gasteiger partial charge in [-0.15, -0.1) is 0 Å². The highest BCUT2D eigenvalue weighted by Crippen LogP contribution is 2.19. The highest BCUT2D eigenvalue weighted by atomic mass is 35.5. The van der Waals surface area contributed by atoms with E-state index in [1.54, 1.807) is 12.1 Å². The molecular weight excluding hydrogens is 450 g/mol. The smallest absolute Gasteiger partial charge is 0.271 e. The number of nitrogens with one attached hydrogen (secondary N) is 2. The van der Waals surface area contributed by atoms with Crippen LogP contribution >= 0.6 is 11.6 Å². The molecule has 9 heteroatoms. The third kappa shape index (κ3) is 6.44. The van der Waals surface area contributed by atoms with Crippen molar-refractivity contribution in [3.05, 3.63) is 102 Å². The van der Waals surface area contributed by atoms with Crippen molar-refractivity contribution in [1.82, 2.24) is 5.43 Å². The molecule has 1 amide bonds. The van der Waals surface area contributed by atoms with E-state index in [0.717, 1.165) is 5.56 Å². The molecule has 0 fully saturated rings. The molecule has 0 atom stereocenters. The Balaban J connectivity index is 1.60. The lowest BCUT2D eigenvalue weighted by Crippen LogP contribution is -2.18. The number of rotatable bonds is 9. The molecule has 0 heterocycles. The Kier molecular flexibility index (Phi) is 7.64. The van der Waals surface area contributed by atoms with Crippen molar-refractivity contribution in [3.8, 4) is 5.75 Å². The number of ether oxygens (including phenoxy) is 1. The number of halogens is 1. The van der Waals surface area contributed by atoms with Gasteiger partial charge in [-0.3, -0.25) is 9.52 Å². The van der Waals surface area contributed by atoms with Crippen LogP contribution in [-0.4, -0.2) is 27.1 Å². The lowest BCUT2D eigenvalue weighted by atomic mass is 10.2. The van der Waals surface area contributed by atoms with Gasteiger partial charge in [0, 0.05) is 16.3 Å². The Bertz CT molecular complexity index is 1220. The standard InChI is InChI=1S/C23H20ClN3O4S/c1-2-14-31-21-5-3-4-17(15-21)16-25-26-23(28)18-6-10-20(11-7-18)27-32(29,30)22-12-8-19(24)9-13-22/h2-13,15-16,27H,1,14H2,(H,26,28)/b25-16-. The van der Waals surface area contributed by atoms with E-state index in [9.17, 15) is 13.2 Å². The third-order valence-corrected chi connectivity index (χ3v) is 5.78. The minimum Gasteiger partial charge on any atom is -0.490 e. The van der Waals surface area contributed by atoms with Crippen molar-refractivity contribution in [2.75, 3.05) is 11.3 Å². The fourth-order valence-corrected chi connectivity index (χ4v) is 3.77. The topological polar surface area (TPSA) is 96.9 Å². The number of nitrogens with zero attached hydrogens (tertiary/aromatic N) is 1. The Morgan fingerprint density at radius 2 is 1.78 bits per heavy atom. The van der Waals surface area contributed by atoms with Gasteiger partial charge in [-0.25, -0.2) is 13.8 Å². The average Bonchev–Trinajstić information content (AvgIpc) is 2.78. The maximum Gasteiger partial charge on any atom is 0.271 e. The van der Waals surface area contributed by atoms with Crippen molar-refractivity contribution in [2.45, 2.75) is 4.90 Å². The Hall–Kier alpha value is -3.62. The zero-order valence-corrected chi connectivity index (χ0v) is 18.4. The number of carbonyl (C=O) groups is 1. The molecular formula is C23H20ClN3O4S. The van der Waals surface area contributed by atoms with Crippen molar-refractivity contribution in [1.29, 1.82) is 0 Å². The van der Waals surface area contributed by atoms with Crippen LogP contribution in [0.3, 0.4) is 0 Å². The summed E-state index contributed by atoms with van der Waals surface area (Å²) in [4.78, 5) is 12.4. The second kappa shape index (κ2) is 10.6. The van der Waals surface area contributed by atoms with Gasteiger partial charge in [-0.05, 0) is 66.2 Å². The maximum absolute atomic E-state index is 12.4. The van der Waals surface area contributed by atoms with Crippen LogP contribution in [0.5, 0.6) is 5.75 Å². The van der Waals surface area contributed by atoms with Gasteiger partial charge >= 0.3 is 0 Å². The van der Waals surface area contributed by atoms with E-state index >= 15 is 0 Å². The summed E-state index contributed by atoms with van der Waals surface area (Å²) >= 11 is 5.79. The summed E-state index contributed by atoms with van der Waals surface area (Å²) < 4.78 is 32.8. The van der Waals surface area contributed by atoms with Gasteiger partial charge in [-0.2, -0.15) is 5.10 Å². The van der Waals surface area contributed by atoms with E-state index in [1.807, 2.05) is 18.2 Å². The molecule has 0 unspecified atom stereocenters. The molecule has 0 aliphatic carbocycles. The van der Waals surface area contributed by atoms with Crippen molar-refractivity contribution < 1.29 is 17.9 Å². The van der Waals surface area contributed by atoms with Gasteiger partial charge in [-0.1, -0.05) is 36.4 Å². The predicted molar refractivity (Wildman–Crippen MR) is 126 cm³/mol. The highest BCUT2D eigenvalue weighted by Gasteiger charge is 2.14. The molecule has 0 aromatic heterocycles. The highest BCUT2D eigenvalue weighted by molar-refractivity contribution is 7.92. The molecule has 0 radical (unpaired) electrons. The molecule has 0 spiro atoms. The van der Waals surface area contributed by atoms with Gasteiger partial charge in [0.2, 0.25) is 0 Å². The van der Waals surface area contributed by atoms with Crippen LogP contribution in [0.4, 0.5) is 5.69 Å². The predicted octanol–water partition coefficient (Wildman–Crippen LogP) is 4.47. The lowest BCUT2D eigenvalue weighted by molar-refractivity contribution is 0.0955. The maximum atomic E-state index is 12.4. The molecule has 2 N–H and O–H groups in total. The van der Waals surface area contributed by atoms with Crippen LogP contribution in [0.2, 0.25) is 5.02 Å². The Morgan fingerprint density at radius 3 is 2.47 bits per heavy atom. The van der Waals surface area contributed by atoms with Gasteiger partial charge in [0.1, 0.15) is 12.4 Å². The molecule has 3 aromatic carbocycles. The average molecular weight is 470 g/mol. The van der Waals surface area contributed by atoms with E-state index in [2.05, 4.69) is 21.8 Å². The SMILES string of the molecule is C=CCOc1cccc(/C=N\NC(=O)c2ccc(NS(=O)(=O)c3ccc(Cl)cc3)cc2)c1. The third-order valence-electron chi connectivity index (χ3n) is 4.13. The summed E-state index contributed by atoms with van der Waals surface area (Å²) in [6.07, 6.45) is 3.14. The summed E-state index contributed by atoms with van der Waals surface area (Å²) in [5, 5.41) is 4.39. The number of benzene rings is 3. The molecule has 0 saturated heterocycles. The van der Waals surface area contributed by atoms with Crippen molar-refractivity contribution >= 4 is 39.4 Å². The summed E-state index contributed by atoms with van der Waals surface area (Å²) in [5.41, 5.74) is 3.82. The van der Waals surface area contributed by atoms with Crippen LogP contribution < -0.4 is 14.9 Å². The van der Waals surface area contributed by atoms with Crippen LogP contribution in [0.25, 0.3) is 0 Å². The van der Waals surface area contributed by atoms with E-state index in [-0.39, 0.29) is 4.90 Å². The molecule has 0 saturated carbocycles. The second-order valence-corrected chi connectivity index (χ2v) is 8.63. The van der Waals surface area contributed by atoms with E-state index in [1.165, 1.54) is 54.7 Å². The molecule has 0 aliphatic rings. The normalized spacial score (nSPS) is 11.2. The van der Waals surface area contributed by atoms with E-state index < -0.39 is 15.9 Å². The quantitative estimate of drug-likeness (QED) is 0.274. The molecule has 32 heavy (non-hydrogen) atoms. The van der Waals surface area contributed by atoms with Crippen LogP contribution in [0.1, 0.15) is 15.9 Å². The first-order chi connectivity index (χ1) is 15.4. The van der Waals surface area contributed by atoms with E-state index in [4.69, 9.17) is 16.3 Å². The Morgan fingerprint density at radius 1 is 1.06 bits per heavy atom. The fourth-order valence-electron chi connectivity index (χ4n) is 2.59. The second-order valence-electron chi connectivity index (χ2n) is 6.51. The number of hydrazone groups is 1. The zero-order chi connectivity index (χ0) is 23.0. The number of sulfonamides is 1. The zero-order valence-electron chi connectivity index (χ0n) is 16.9. The first-order valence-electron chi connectivity index (χ1n) is 9.43. The van der Waals surface area contributed by atoms with Gasteiger partial charge < -0.3 is 4.74 Å². The van der Waals surface area contributed by atoms with Crippen LogP contribution in [0, 0.1) is 0 Å². The summed E-state index contributed by atoms with van der Waals surface area (Å²) in [7, 11) is -3.77. The van der Waals surface area contributed by atoms with Crippen LogP contribution in [-0.2, 0) is 10.0 Å². The molecule has 0 aliphatic heterocycles.